The van der Waals surface area contributed by atoms with Gasteiger partial charge in [0.2, 0.25) is 5.95 Å². The molecule has 2 atom stereocenters. The smallest absolute Gasteiger partial charge is 0.209 e. The summed E-state index contributed by atoms with van der Waals surface area (Å²) < 4.78 is 7.42. The molecule has 0 fully saturated rings. The third-order valence-corrected chi connectivity index (χ3v) is 6.49. The first-order chi connectivity index (χ1) is 15.7. The lowest BCUT2D eigenvalue weighted by molar-refractivity contribution is -0.116. The van der Waals surface area contributed by atoms with Crippen molar-refractivity contribution < 1.29 is 9.53 Å². The highest BCUT2D eigenvalue weighted by Crippen LogP contribution is 2.45. The van der Waals surface area contributed by atoms with E-state index in [1.807, 2.05) is 48.7 Å². The number of para-hydroxylation sites is 2. The Hall–Kier alpha value is -3.93. The summed E-state index contributed by atoms with van der Waals surface area (Å²) in [5.74, 6) is 1.86. The highest BCUT2D eigenvalue weighted by molar-refractivity contribution is 6.01. The maximum absolute atomic E-state index is 13.6. The van der Waals surface area contributed by atoms with Gasteiger partial charge in [0.15, 0.2) is 5.78 Å². The number of ketones is 1. The van der Waals surface area contributed by atoms with Crippen LogP contribution in [-0.2, 0) is 4.79 Å². The highest BCUT2D eigenvalue weighted by atomic mass is 16.5. The molecule has 6 nitrogen and oxygen atoms in total. The number of nitrogens with one attached hydrogen (secondary N) is 1. The number of benzene rings is 2. The Labute approximate surface area is 185 Å². The van der Waals surface area contributed by atoms with Crippen LogP contribution in [0.2, 0.25) is 0 Å². The summed E-state index contributed by atoms with van der Waals surface area (Å²) in [6.07, 6.45) is 4.84. The Morgan fingerprint density at radius 1 is 1.00 bits per heavy atom. The first-order valence-electron chi connectivity index (χ1n) is 10.8. The number of fused-ring (bicyclic) bond motifs is 3. The first-order valence-corrected chi connectivity index (χ1v) is 10.8. The van der Waals surface area contributed by atoms with E-state index in [4.69, 9.17) is 9.72 Å². The number of imidazole rings is 1. The molecule has 6 heteroatoms. The number of ether oxygens (including phenoxy) is 1. The summed E-state index contributed by atoms with van der Waals surface area (Å²) in [6, 6.07) is 19.8. The monoisotopic (exact) mass is 422 g/mol. The number of anilines is 1. The molecule has 0 bridgehead atoms. The molecule has 0 saturated carbocycles. The summed E-state index contributed by atoms with van der Waals surface area (Å²) >= 11 is 0. The average Bonchev–Trinajstić information content (AvgIpc) is 3.21. The molecule has 0 radical (unpaired) electrons. The van der Waals surface area contributed by atoms with Crippen LogP contribution >= 0.6 is 0 Å². The van der Waals surface area contributed by atoms with E-state index in [9.17, 15) is 4.79 Å². The van der Waals surface area contributed by atoms with E-state index in [0.717, 1.165) is 51.5 Å². The minimum atomic E-state index is -0.244. The van der Waals surface area contributed by atoms with Crippen molar-refractivity contribution >= 4 is 22.8 Å². The summed E-state index contributed by atoms with van der Waals surface area (Å²) in [4.78, 5) is 22.8. The van der Waals surface area contributed by atoms with Crippen molar-refractivity contribution in [3.8, 4) is 5.75 Å². The van der Waals surface area contributed by atoms with Crippen molar-refractivity contribution in [3.05, 3.63) is 95.5 Å². The second-order valence-corrected chi connectivity index (χ2v) is 8.30. The van der Waals surface area contributed by atoms with Gasteiger partial charge >= 0.3 is 0 Å². The van der Waals surface area contributed by atoms with Gasteiger partial charge in [0, 0.05) is 30.1 Å². The molecule has 0 spiro atoms. The predicted octanol–water partition coefficient (Wildman–Crippen LogP) is 4.86. The number of hydrogen-bond donors (Lipinski definition) is 1. The van der Waals surface area contributed by atoms with Gasteiger partial charge < -0.3 is 10.1 Å². The molecule has 2 aromatic carbocycles. The van der Waals surface area contributed by atoms with E-state index in [2.05, 4.69) is 33.1 Å². The summed E-state index contributed by atoms with van der Waals surface area (Å²) in [7, 11) is 1.66. The van der Waals surface area contributed by atoms with Gasteiger partial charge in [-0.1, -0.05) is 30.3 Å². The number of carbonyl (C=O) groups is 1. The number of pyridine rings is 1. The van der Waals surface area contributed by atoms with Gasteiger partial charge in [-0.05, 0) is 53.8 Å². The largest absolute Gasteiger partial charge is 0.497 e. The number of methoxy groups -OCH3 is 1. The molecule has 32 heavy (non-hydrogen) atoms. The number of carbonyl (C=O) groups excluding carboxylic acids is 1. The molecule has 2 aromatic heterocycles. The van der Waals surface area contributed by atoms with Crippen molar-refractivity contribution in [2.75, 3.05) is 12.4 Å². The second kappa shape index (κ2) is 7.34. The van der Waals surface area contributed by atoms with E-state index < -0.39 is 0 Å². The fourth-order valence-electron chi connectivity index (χ4n) is 4.99. The molecule has 1 N–H and O–H groups in total. The number of hydrogen-bond acceptors (Lipinski definition) is 5. The molecule has 3 heterocycles. The van der Waals surface area contributed by atoms with Gasteiger partial charge in [-0.25, -0.2) is 4.98 Å². The minimum Gasteiger partial charge on any atom is -0.497 e. The van der Waals surface area contributed by atoms with Gasteiger partial charge in [0.05, 0.1) is 24.2 Å². The van der Waals surface area contributed by atoms with Crippen LogP contribution in [-0.4, -0.2) is 27.4 Å². The Balaban J connectivity index is 1.48. The number of nitrogens with zero attached hydrogens (tertiary/aromatic N) is 3. The number of rotatable bonds is 3. The van der Waals surface area contributed by atoms with Gasteiger partial charge in [-0.2, -0.15) is 0 Å². The van der Waals surface area contributed by atoms with Crippen molar-refractivity contribution in [3.63, 3.8) is 0 Å². The van der Waals surface area contributed by atoms with Crippen LogP contribution in [0.4, 0.5) is 5.95 Å². The van der Waals surface area contributed by atoms with Crippen LogP contribution in [0.25, 0.3) is 11.0 Å². The maximum Gasteiger partial charge on any atom is 0.209 e. The SMILES string of the molecule is COc1ccc([C@@H]2CC(=O)C3=C(C2)Nc2nc4ccccc4n2[C@@H]3c2cccnc2)cc1. The lowest BCUT2D eigenvalue weighted by Gasteiger charge is -2.36. The lowest BCUT2D eigenvalue weighted by Crippen LogP contribution is -2.33. The Bertz CT molecular complexity index is 1360. The molecule has 158 valence electrons. The number of Topliss-reactive ketones (excluding diaryl/α,β-unsaturated/α-hetero) is 1. The van der Waals surface area contributed by atoms with Gasteiger partial charge in [0.25, 0.3) is 0 Å². The summed E-state index contributed by atoms with van der Waals surface area (Å²) in [5, 5.41) is 3.51. The first kappa shape index (κ1) is 18.8. The summed E-state index contributed by atoms with van der Waals surface area (Å²) in [6.45, 7) is 0. The molecular weight excluding hydrogens is 400 g/mol. The Morgan fingerprint density at radius 2 is 1.84 bits per heavy atom. The molecule has 0 amide bonds. The van der Waals surface area contributed by atoms with Crippen LogP contribution in [0.1, 0.15) is 35.9 Å². The standard InChI is InChI=1S/C26H22N4O2/c1-32-19-10-8-16(9-11-19)18-13-21-24(23(31)14-18)25(17-5-4-12-27-15-17)30-22-7-3-2-6-20(22)28-26(30)29-21/h2-12,15,18,25H,13-14H2,1H3,(H,28,29)/t18-,25+/m0/s1. The van der Waals surface area contributed by atoms with Crippen LogP contribution in [0, 0.1) is 0 Å². The Kier molecular flexibility index (Phi) is 4.31. The second-order valence-electron chi connectivity index (χ2n) is 8.30. The summed E-state index contributed by atoms with van der Waals surface area (Å²) in [5.41, 5.74) is 5.81. The van der Waals surface area contributed by atoms with Crippen LogP contribution < -0.4 is 10.1 Å². The molecule has 6 rings (SSSR count). The molecule has 2 aliphatic rings. The predicted molar refractivity (Wildman–Crippen MR) is 123 cm³/mol. The zero-order chi connectivity index (χ0) is 21.7. The Morgan fingerprint density at radius 3 is 2.62 bits per heavy atom. The van der Waals surface area contributed by atoms with Crippen molar-refractivity contribution in [2.24, 2.45) is 0 Å². The van der Waals surface area contributed by atoms with E-state index >= 15 is 0 Å². The van der Waals surface area contributed by atoms with Gasteiger partial charge in [-0.3, -0.25) is 14.3 Å². The molecule has 0 saturated heterocycles. The van der Waals surface area contributed by atoms with Gasteiger partial charge in [-0.15, -0.1) is 0 Å². The highest BCUT2D eigenvalue weighted by Gasteiger charge is 2.39. The molecular formula is C26H22N4O2. The van der Waals surface area contributed by atoms with E-state index in [1.54, 1.807) is 13.3 Å². The van der Waals surface area contributed by atoms with Crippen LogP contribution in [0.3, 0.4) is 0 Å². The van der Waals surface area contributed by atoms with E-state index in [-0.39, 0.29) is 17.7 Å². The van der Waals surface area contributed by atoms with Crippen molar-refractivity contribution in [2.45, 2.75) is 24.8 Å². The fraction of sp³-hybridized carbons (Fsp3) is 0.192. The fourth-order valence-corrected chi connectivity index (χ4v) is 4.99. The van der Waals surface area contributed by atoms with E-state index in [0.29, 0.717) is 6.42 Å². The van der Waals surface area contributed by atoms with Crippen molar-refractivity contribution in [1.82, 2.24) is 14.5 Å². The molecule has 1 aliphatic heterocycles. The third kappa shape index (κ3) is 2.91. The average molecular weight is 422 g/mol. The topological polar surface area (TPSA) is 69.0 Å². The zero-order valence-electron chi connectivity index (χ0n) is 17.7. The molecule has 1 aliphatic carbocycles. The minimum absolute atomic E-state index is 0.116. The van der Waals surface area contributed by atoms with Crippen LogP contribution in [0.15, 0.2) is 84.3 Å². The number of aromatic nitrogens is 3. The van der Waals surface area contributed by atoms with E-state index in [1.165, 1.54) is 0 Å². The zero-order valence-corrected chi connectivity index (χ0v) is 17.7. The number of allylic oxidation sites excluding steroid dienone is 2. The normalized spacial score (nSPS) is 20.0. The molecule has 0 unspecified atom stereocenters. The molecule has 4 aromatic rings. The quantitative estimate of drug-likeness (QED) is 0.511. The third-order valence-electron chi connectivity index (χ3n) is 6.49. The van der Waals surface area contributed by atoms with Crippen molar-refractivity contribution in [1.29, 1.82) is 0 Å². The lowest BCUT2D eigenvalue weighted by atomic mass is 9.78. The van der Waals surface area contributed by atoms with Gasteiger partial charge in [0.1, 0.15) is 5.75 Å². The maximum atomic E-state index is 13.6. The van der Waals surface area contributed by atoms with Crippen LogP contribution in [0.5, 0.6) is 5.75 Å².